The zero-order valence-electron chi connectivity index (χ0n) is 7.94. The maximum absolute atomic E-state index is 5.95. The minimum atomic E-state index is 0.268. The third-order valence-electron chi connectivity index (χ3n) is 1.84. The second-order valence-corrected chi connectivity index (χ2v) is 4.60. The highest BCUT2D eigenvalue weighted by Crippen LogP contribution is 2.22. The van der Waals surface area contributed by atoms with Gasteiger partial charge < -0.3 is 5.73 Å². The molecule has 0 spiro atoms. The zero-order valence-corrected chi connectivity index (χ0v) is 7.94. The van der Waals surface area contributed by atoms with E-state index in [0.717, 1.165) is 6.42 Å². The summed E-state index contributed by atoms with van der Waals surface area (Å²) in [4.78, 5) is 0. The van der Waals surface area contributed by atoms with Crippen LogP contribution in [0.15, 0.2) is 0 Å². The molecule has 0 aliphatic carbocycles. The normalized spacial score (nSPS) is 15.9. The summed E-state index contributed by atoms with van der Waals surface area (Å²) in [7, 11) is 0. The number of hydrogen-bond donors (Lipinski definition) is 1. The smallest absolute Gasteiger partial charge is 0.00900 e. The molecular weight excluding hydrogens is 122 g/mol. The van der Waals surface area contributed by atoms with Gasteiger partial charge in [0.05, 0.1) is 0 Å². The second-order valence-electron chi connectivity index (χ2n) is 4.60. The highest BCUT2D eigenvalue weighted by Gasteiger charge is 2.20. The highest BCUT2D eigenvalue weighted by atomic mass is 14.7. The van der Waals surface area contributed by atoms with Gasteiger partial charge in [-0.15, -0.1) is 0 Å². The van der Waals surface area contributed by atoms with Gasteiger partial charge in [0.15, 0.2) is 0 Å². The second kappa shape index (κ2) is 3.38. The van der Waals surface area contributed by atoms with Crippen molar-refractivity contribution in [2.45, 2.75) is 47.1 Å². The summed E-state index contributed by atoms with van der Waals surface area (Å²) < 4.78 is 0. The van der Waals surface area contributed by atoms with Crippen molar-refractivity contribution in [3.63, 3.8) is 0 Å². The molecular formula is C9H21N. The summed E-state index contributed by atoms with van der Waals surface area (Å²) in [6.45, 7) is 11.0. The van der Waals surface area contributed by atoms with Gasteiger partial charge in [0.2, 0.25) is 0 Å². The van der Waals surface area contributed by atoms with E-state index in [0.29, 0.717) is 12.0 Å². The molecule has 0 rings (SSSR count). The van der Waals surface area contributed by atoms with Gasteiger partial charge in [-0.2, -0.15) is 0 Å². The maximum Gasteiger partial charge on any atom is 0.00900 e. The Morgan fingerprint density at radius 1 is 1.20 bits per heavy atom. The van der Waals surface area contributed by atoms with Gasteiger partial charge >= 0.3 is 0 Å². The number of hydrogen-bond acceptors (Lipinski definition) is 1. The van der Waals surface area contributed by atoms with Crippen LogP contribution in [0.5, 0.6) is 0 Å². The molecule has 0 fully saturated rings. The van der Waals surface area contributed by atoms with Crippen molar-refractivity contribution in [2.24, 2.45) is 17.1 Å². The third-order valence-corrected chi connectivity index (χ3v) is 1.84. The molecule has 1 atom stereocenters. The van der Waals surface area contributed by atoms with Gasteiger partial charge in [-0.1, -0.05) is 34.6 Å². The van der Waals surface area contributed by atoms with Crippen molar-refractivity contribution >= 4 is 0 Å². The predicted molar refractivity (Wildman–Crippen MR) is 46.9 cm³/mol. The summed E-state index contributed by atoms with van der Waals surface area (Å²) in [5.74, 6) is 0.717. The third kappa shape index (κ3) is 3.89. The van der Waals surface area contributed by atoms with Gasteiger partial charge in [0, 0.05) is 6.04 Å². The molecule has 0 amide bonds. The van der Waals surface area contributed by atoms with Crippen molar-refractivity contribution in [3.05, 3.63) is 0 Å². The molecule has 10 heavy (non-hydrogen) atoms. The van der Waals surface area contributed by atoms with E-state index in [4.69, 9.17) is 5.73 Å². The summed E-state index contributed by atoms with van der Waals surface area (Å²) >= 11 is 0. The summed E-state index contributed by atoms with van der Waals surface area (Å²) in [6, 6.07) is 0.340. The largest absolute Gasteiger partial charge is 0.327 e. The molecule has 0 bridgehead atoms. The van der Waals surface area contributed by atoms with Crippen molar-refractivity contribution < 1.29 is 0 Å². The van der Waals surface area contributed by atoms with E-state index < -0.39 is 0 Å². The predicted octanol–water partition coefficient (Wildman–Crippen LogP) is 2.41. The Morgan fingerprint density at radius 3 is 1.70 bits per heavy atom. The molecule has 0 saturated heterocycles. The van der Waals surface area contributed by atoms with Crippen molar-refractivity contribution in [1.29, 1.82) is 0 Å². The van der Waals surface area contributed by atoms with Gasteiger partial charge in [-0.05, 0) is 17.8 Å². The van der Waals surface area contributed by atoms with Gasteiger partial charge in [0.1, 0.15) is 0 Å². The first-order valence-corrected chi connectivity index (χ1v) is 4.09. The lowest BCUT2D eigenvalue weighted by Gasteiger charge is -2.28. The fraction of sp³-hybridized carbons (Fsp3) is 1.00. The summed E-state index contributed by atoms with van der Waals surface area (Å²) in [5.41, 5.74) is 6.22. The molecule has 0 unspecified atom stereocenters. The van der Waals surface area contributed by atoms with Crippen LogP contribution in [0, 0.1) is 11.3 Å². The minimum absolute atomic E-state index is 0.268. The fourth-order valence-corrected chi connectivity index (χ4v) is 0.861. The number of rotatable bonds is 2. The molecule has 62 valence electrons. The lowest BCUT2D eigenvalue weighted by molar-refractivity contribution is 0.281. The lowest BCUT2D eigenvalue weighted by atomic mass is 9.83. The highest BCUT2D eigenvalue weighted by molar-refractivity contribution is 4.77. The number of nitrogens with two attached hydrogens (primary N) is 1. The van der Waals surface area contributed by atoms with Crippen LogP contribution in [-0.4, -0.2) is 6.04 Å². The molecule has 0 aromatic carbocycles. The molecule has 1 heteroatoms. The van der Waals surface area contributed by atoms with Crippen LogP contribution >= 0.6 is 0 Å². The van der Waals surface area contributed by atoms with Crippen molar-refractivity contribution in [1.82, 2.24) is 0 Å². The van der Waals surface area contributed by atoms with Gasteiger partial charge in [0.25, 0.3) is 0 Å². The van der Waals surface area contributed by atoms with Gasteiger partial charge in [-0.3, -0.25) is 0 Å². The molecule has 1 nitrogen and oxygen atoms in total. The van der Waals surface area contributed by atoms with E-state index in [9.17, 15) is 0 Å². The average Bonchev–Trinajstić information content (AvgIpc) is 1.60. The van der Waals surface area contributed by atoms with E-state index >= 15 is 0 Å². The van der Waals surface area contributed by atoms with Crippen LogP contribution in [0.4, 0.5) is 0 Å². The van der Waals surface area contributed by atoms with Crippen LogP contribution in [0.2, 0.25) is 0 Å². The lowest BCUT2D eigenvalue weighted by Crippen LogP contribution is -2.36. The Morgan fingerprint density at radius 2 is 1.60 bits per heavy atom. The molecule has 0 saturated carbocycles. The molecule has 0 aromatic rings. The van der Waals surface area contributed by atoms with E-state index in [1.54, 1.807) is 0 Å². The first kappa shape index (κ1) is 9.96. The van der Waals surface area contributed by atoms with E-state index in [2.05, 4.69) is 34.6 Å². The Labute approximate surface area is 65.0 Å². The van der Waals surface area contributed by atoms with Crippen LogP contribution in [0.1, 0.15) is 41.0 Å². The van der Waals surface area contributed by atoms with Crippen LogP contribution in [0.3, 0.4) is 0 Å². The van der Waals surface area contributed by atoms with Crippen molar-refractivity contribution in [2.75, 3.05) is 0 Å². The zero-order chi connectivity index (χ0) is 8.36. The Balaban J connectivity index is 3.73. The molecule has 0 aliphatic rings. The molecule has 0 radical (unpaired) electrons. The molecule has 0 aliphatic heterocycles. The Bertz CT molecular complexity index is 89.4. The van der Waals surface area contributed by atoms with E-state index in [-0.39, 0.29) is 5.41 Å². The molecule has 2 N–H and O–H groups in total. The average molecular weight is 143 g/mol. The van der Waals surface area contributed by atoms with Crippen LogP contribution in [-0.2, 0) is 0 Å². The molecule has 0 aromatic heterocycles. The first-order chi connectivity index (χ1) is 4.34. The summed E-state index contributed by atoms with van der Waals surface area (Å²) in [6.07, 6.45) is 1.13. The minimum Gasteiger partial charge on any atom is -0.327 e. The monoisotopic (exact) mass is 143 g/mol. The summed E-state index contributed by atoms with van der Waals surface area (Å²) in [5, 5.41) is 0. The van der Waals surface area contributed by atoms with Crippen molar-refractivity contribution in [3.8, 4) is 0 Å². The quantitative estimate of drug-likeness (QED) is 0.631. The topological polar surface area (TPSA) is 26.0 Å². The van der Waals surface area contributed by atoms with Gasteiger partial charge in [-0.25, -0.2) is 0 Å². The molecule has 0 heterocycles. The van der Waals surface area contributed by atoms with Crippen LogP contribution < -0.4 is 5.73 Å². The first-order valence-electron chi connectivity index (χ1n) is 4.09. The SMILES string of the molecule is CC(C)C[C@H](N)C(C)(C)C. The standard InChI is InChI=1S/C9H21N/c1-7(2)6-8(10)9(3,4)5/h7-8H,6,10H2,1-5H3/t8-/m0/s1. The Kier molecular flexibility index (Phi) is 3.37. The van der Waals surface area contributed by atoms with Crippen LogP contribution in [0.25, 0.3) is 0 Å². The fourth-order valence-electron chi connectivity index (χ4n) is 0.861. The maximum atomic E-state index is 5.95. The van der Waals surface area contributed by atoms with E-state index in [1.807, 2.05) is 0 Å². The Hall–Kier alpha value is -0.0400. The van der Waals surface area contributed by atoms with E-state index in [1.165, 1.54) is 0 Å².